The molecule has 154 valence electrons. The van der Waals surface area contributed by atoms with E-state index in [9.17, 15) is 0 Å². The Labute approximate surface area is 173 Å². The van der Waals surface area contributed by atoms with E-state index < -0.39 is 0 Å². The van der Waals surface area contributed by atoms with Crippen molar-refractivity contribution in [3.05, 3.63) is 31.0 Å². The van der Waals surface area contributed by atoms with Crippen molar-refractivity contribution in [1.29, 1.82) is 0 Å². The monoisotopic (exact) mass is 413 g/mol. The molecule has 0 bridgehead atoms. The van der Waals surface area contributed by atoms with Gasteiger partial charge in [-0.05, 0) is 37.7 Å². The smallest absolute Gasteiger partial charge is 0.172 e. The van der Waals surface area contributed by atoms with Crippen molar-refractivity contribution in [3.63, 3.8) is 0 Å². The van der Waals surface area contributed by atoms with Crippen LogP contribution < -0.4 is 16.6 Å². The zero-order chi connectivity index (χ0) is 20.1. The summed E-state index contributed by atoms with van der Waals surface area (Å²) < 4.78 is 2.11. The molecule has 3 heterocycles. The first-order valence-electron chi connectivity index (χ1n) is 9.91. The van der Waals surface area contributed by atoms with E-state index >= 15 is 0 Å². The van der Waals surface area contributed by atoms with Gasteiger partial charge in [0.15, 0.2) is 5.17 Å². The van der Waals surface area contributed by atoms with Crippen molar-refractivity contribution < 1.29 is 0 Å². The molecule has 5 N–H and O–H groups in total. The highest BCUT2D eigenvalue weighted by Crippen LogP contribution is 2.34. The minimum Gasteiger partial charge on any atom is -0.346 e. The van der Waals surface area contributed by atoms with Gasteiger partial charge in [0.25, 0.3) is 0 Å². The molecule has 4 rings (SSSR count). The predicted molar refractivity (Wildman–Crippen MR) is 117 cm³/mol. The maximum absolute atomic E-state index is 5.53. The lowest BCUT2D eigenvalue weighted by molar-refractivity contribution is 0.277. The summed E-state index contributed by atoms with van der Waals surface area (Å²) in [5.74, 6) is 1.74. The number of rotatable bonds is 6. The molecule has 0 saturated heterocycles. The van der Waals surface area contributed by atoms with Gasteiger partial charge in [0.05, 0.1) is 24.6 Å². The molecule has 3 aromatic heterocycles. The highest BCUT2D eigenvalue weighted by molar-refractivity contribution is 8.13. The van der Waals surface area contributed by atoms with Crippen LogP contribution in [0.2, 0.25) is 0 Å². The highest BCUT2D eigenvalue weighted by atomic mass is 32.2. The number of nitrogens with zero attached hydrogens (tertiary/aromatic N) is 5. The average Bonchev–Trinajstić information content (AvgIpc) is 3.42. The van der Waals surface area contributed by atoms with E-state index in [-0.39, 0.29) is 0 Å². The van der Waals surface area contributed by atoms with E-state index in [2.05, 4.69) is 46.8 Å². The van der Waals surface area contributed by atoms with Gasteiger partial charge in [0, 0.05) is 36.1 Å². The van der Waals surface area contributed by atoms with Crippen molar-refractivity contribution in [2.75, 3.05) is 19.5 Å². The Kier molecular flexibility index (Phi) is 6.43. The minimum absolute atomic E-state index is 0.298. The van der Waals surface area contributed by atoms with Crippen LogP contribution in [0, 0.1) is 5.92 Å². The molecule has 0 atom stereocenters. The zero-order valence-electron chi connectivity index (χ0n) is 16.5. The Hall–Kier alpha value is -2.43. The number of hydrogen-bond acceptors (Lipinski definition) is 7. The summed E-state index contributed by atoms with van der Waals surface area (Å²) in [5.41, 5.74) is 14.3. The number of H-pyrrole nitrogens is 1. The third-order valence-electron chi connectivity index (χ3n) is 5.34. The number of aliphatic imine (C=N–C) groups is 1. The number of thioether (sulfide) groups is 1. The van der Waals surface area contributed by atoms with Crippen LogP contribution in [-0.4, -0.2) is 49.4 Å². The summed E-state index contributed by atoms with van der Waals surface area (Å²) >= 11 is 1.73. The third-order valence-corrected chi connectivity index (χ3v) is 6.48. The van der Waals surface area contributed by atoms with Gasteiger partial charge in [0.1, 0.15) is 12.0 Å². The van der Waals surface area contributed by atoms with E-state index in [1.54, 1.807) is 18.1 Å². The molecule has 0 spiro atoms. The lowest BCUT2D eigenvalue weighted by atomic mass is 9.87. The maximum atomic E-state index is 5.53. The molecule has 1 saturated carbocycles. The number of amidine groups is 1. The molecular weight excluding hydrogens is 386 g/mol. The van der Waals surface area contributed by atoms with Crippen molar-refractivity contribution >= 4 is 28.0 Å². The van der Waals surface area contributed by atoms with Crippen LogP contribution in [0.15, 0.2) is 36.0 Å². The quantitative estimate of drug-likeness (QED) is 0.278. The summed E-state index contributed by atoms with van der Waals surface area (Å²) in [4.78, 5) is 16.1. The van der Waals surface area contributed by atoms with Gasteiger partial charge in [-0.2, -0.15) is 5.10 Å². The van der Waals surface area contributed by atoms with Crippen molar-refractivity contribution in [3.8, 4) is 11.3 Å². The number of nitrogens with one attached hydrogen (secondary N) is 3. The summed E-state index contributed by atoms with van der Waals surface area (Å²) in [6, 6.07) is 2.46. The molecule has 0 aromatic carbocycles. The van der Waals surface area contributed by atoms with Crippen LogP contribution in [0.5, 0.6) is 0 Å². The van der Waals surface area contributed by atoms with Gasteiger partial charge in [-0.1, -0.05) is 11.8 Å². The molecule has 0 aliphatic heterocycles. The SMILES string of the molecule is CNNC(=NCN)SCC1CCC(n2cc(-c3ncnc4[nH]ccc34)cn2)CC1. The number of aromatic nitrogens is 5. The number of hydrogen-bond donors (Lipinski definition) is 4. The Bertz CT molecular complexity index is 955. The van der Waals surface area contributed by atoms with Crippen LogP contribution in [0.1, 0.15) is 31.7 Å². The molecule has 9 nitrogen and oxygen atoms in total. The van der Waals surface area contributed by atoms with Gasteiger partial charge in [0.2, 0.25) is 0 Å². The van der Waals surface area contributed by atoms with Gasteiger partial charge in [-0.15, -0.1) is 0 Å². The van der Waals surface area contributed by atoms with Crippen molar-refractivity contribution in [1.82, 2.24) is 35.6 Å². The second-order valence-electron chi connectivity index (χ2n) is 7.18. The van der Waals surface area contributed by atoms with E-state index in [0.717, 1.165) is 46.1 Å². The normalized spacial score (nSPS) is 20.3. The lowest BCUT2D eigenvalue weighted by Gasteiger charge is -2.28. The predicted octanol–water partition coefficient (Wildman–Crippen LogP) is 2.28. The van der Waals surface area contributed by atoms with E-state index in [4.69, 9.17) is 5.73 Å². The van der Waals surface area contributed by atoms with Gasteiger partial charge in [-0.3, -0.25) is 4.68 Å². The van der Waals surface area contributed by atoms with E-state index in [0.29, 0.717) is 18.6 Å². The molecule has 0 unspecified atom stereocenters. The topological polar surface area (TPSA) is 122 Å². The lowest BCUT2D eigenvalue weighted by Crippen LogP contribution is -2.33. The number of aromatic amines is 1. The van der Waals surface area contributed by atoms with Gasteiger partial charge in [-0.25, -0.2) is 20.4 Å². The Morgan fingerprint density at radius 2 is 2.21 bits per heavy atom. The molecule has 1 aliphatic rings. The number of hydrazine groups is 1. The molecule has 29 heavy (non-hydrogen) atoms. The Morgan fingerprint density at radius 3 is 3.00 bits per heavy atom. The number of nitrogens with two attached hydrogens (primary N) is 1. The summed E-state index contributed by atoms with van der Waals surface area (Å²) in [6.45, 7) is 0.298. The Morgan fingerprint density at radius 1 is 1.34 bits per heavy atom. The maximum Gasteiger partial charge on any atom is 0.172 e. The van der Waals surface area contributed by atoms with Crippen LogP contribution >= 0.6 is 11.8 Å². The van der Waals surface area contributed by atoms with Crippen LogP contribution in [0.25, 0.3) is 22.3 Å². The van der Waals surface area contributed by atoms with Crippen LogP contribution in [0.3, 0.4) is 0 Å². The molecule has 0 radical (unpaired) electrons. The van der Waals surface area contributed by atoms with Crippen molar-refractivity contribution in [2.45, 2.75) is 31.7 Å². The van der Waals surface area contributed by atoms with E-state index in [1.165, 1.54) is 12.8 Å². The standard InChI is InChI=1S/C19H27N9S/c1-21-27-19(23-11-20)29-10-13-2-4-15(5-3-13)28-9-14(8-26-28)17-16-6-7-22-18(16)25-12-24-17/h6-9,12-13,15,21H,2-5,10-11,20H2,1H3,(H,23,27)(H,22,24,25). The second kappa shape index (κ2) is 9.38. The number of fused-ring (bicyclic) bond motifs is 1. The first-order valence-corrected chi connectivity index (χ1v) is 10.9. The first kappa shape index (κ1) is 19.9. The fourth-order valence-electron chi connectivity index (χ4n) is 3.85. The summed E-state index contributed by atoms with van der Waals surface area (Å²) in [6.07, 6.45) is 12.2. The summed E-state index contributed by atoms with van der Waals surface area (Å²) in [5, 5.41) is 6.53. The Balaban J connectivity index is 1.35. The average molecular weight is 414 g/mol. The minimum atomic E-state index is 0.298. The molecule has 0 amide bonds. The molecule has 1 aliphatic carbocycles. The zero-order valence-corrected chi connectivity index (χ0v) is 17.3. The van der Waals surface area contributed by atoms with Gasteiger partial charge < -0.3 is 16.1 Å². The largest absolute Gasteiger partial charge is 0.346 e. The first-order chi connectivity index (χ1) is 14.3. The van der Waals surface area contributed by atoms with Crippen molar-refractivity contribution in [2.24, 2.45) is 16.6 Å². The molecule has 1 fully saturated rings. The molecule has 10 heteroatoms. The fourth-order valence-corrected chi connectivity index (χ4v) is 4.91. The van der Waals surface area contributed by atoms with Crippen LogP contribution in [0.4, 0.5) is 0 Å². The van der Waals surface area contributed by atoms with E-state index in [1.807, 2.05) is 25.5 Å². The summed E-state index contributed by atoms with van der Waals surface area (Å²) in [7, 11) is 1.83. The molecule has 3 aromatic rings. The second-order valence-corrected chi connectivity index (χ2v) is 8.19. The molecular formula is C19H27N9S. The fraction of sp³-hybridized carbons (Fsp3) is 0.474. The highest BCUT2D eigenvalue weighted by Gasteiger charge is 2.24. The van der Waals surface area contributed by atoms with Gasteiger partial charge >= 0.3 is 0 Å². The van der Waals surface area contributed by atoms with Crippen LogP contribution in [-0.2, 0) is 0 Å². The third kappa shape index (κ3) is 4.60.